The average molecular weight is 397 g/mol. The highest BCUT2D eigenvalue weighted by Crippen LogP contribution is 2.34. The van der Waals surface area contributed by atoms with Crippen LogP contribution in [0.2, 0.25) is 0 Å². The van der Waals surface area contributed by atoms with Gasteiger partial charge < -0.3 is 14.8 Å². The molecular formula is C19H19N5O3S. The number of carbonyl (C=O) groups is 1. The lowest BCUT2D eigenvalue weighted by Crippen LogP contribution is -2.44. The number of pyridine rings is 1. The standard InChI is InChI=1S/C19H19N5O3S/c25-17(8-12-4-3-7-28-12)21-15-10-26-19-16(11-27-18(15)19)24-9-14(22-23-24)13-5-1-2-6-20-13/h1-7,9,15-16,18-19H,8,10-11H2,(H,21,25)/t15-,16-,18+,19+/m0/s1. The molecule has 1 N–H and O–H groups in total. The molecule has 3 aromatic heterocycles. The zero-order chi connectivity index (χ0) is 18.9. The highest BCUT2D eigenvalue weighted by Gasteiger charge is 2.49. The number of hydrogen-bond donors (Lipinski definition) is 1. The fourth-order valence-electron chi connectivity index (χ4n) is 3.73. The van der Waals surface area contributed by atoms with E-state index >= 15 is 0 Å². The van der Waals surface area contributed by atoms with Crippen molar-refractivity contribution >= 4 is 17.2 Å². The van der Waals surface area contributed by atoms with E-state index in [1.807, 2.05) is 41.9 Å². The molecule has 0 unspecified atom stereocenters. The van der Waals surface area contributed by atoms with Crippen LogP contribution in [0.1, 0.15) is 10.9 Å². The molecule has 5 rings (SSSR count). The molecule has 2 fully saturated rings. The van der Waals surface area contributed by atoms with E-state index < -0.39 is 0 Å². The van der Waals surface area contributed by atoms with Crippen LogP contribution in [0.5, 0.6) is 0 Å². The predicted molar refractivity (Wildman–Crippen MR) is 102 cm³/mol. The number of amides is 1. The number of carbonyl (C=O) groups excluding carboxylic acids is 1. The SMILES string of the molecule is O=C(Cc1cccs1)N[C@H]1CO[C@H]2[C@@H]1OC[C@@H]2n1cc(-c2ccccn2)nn1. The monoisotopic (exact) mass is 397 g/mol. The summed E-state index contributed by atoms with van der Waals surface area (Å²) in [4.78, 5) is 17.7. The van der Waals surface area contributed by atoms with Gasteiger partial charge in [-0.2, -0.15) is 0 Å². The minimum atomic E-state index is -0.181. The quantitative estimate of drug-likeness (QED) is 0.701. The number of aromatic nitrogens is 4. The van der Waals surface area contributed by atoms with E-state index in [-0.39, 0.29) is 30.2 Å². The van der Waals surface area contributed by atoms with Gasteiger partial charge >= 0.3 is 0 Å². The third-order valence-electron chi connectivity index (χ3n) is 5.07. The Morgan fingerprint density at radius 1 is 1.18 bits per heavy atom. The van der Waals surface area contributed by atoms with E-state index in [9.17, 15) is 4.79 Å². The van der Waals surface area contributed by atoms with Gasteiger partial charge in [-0.05, 0) is 23.6 Å². The molecule has 0 aromatic carbocycles. The van der Waals surface area contributed by atoms with E-state index in [1.165, 1.54) is 0 Å². The lowest BCUT2D eigenvalue weighted by Gasteiger charge is -2.17. The molecule has 8 nitrogen and oxygen atoms in total. The lowest BCUT2D eigenvalue weighted by molar-refractivity contribution is -0.121. The molecule has 3 aromatic rings. The van der Waals surface area contributed by atoms with Crippen molar-refractivity contribution in [1.29, 1.82) is 0 Å². The summed E-state index contributed by atoms with van der Waals surface area (Å²) in [5.74, 6) is -0.0121. The number of thiophene rings is 1. The Balaban J connectivity index is 1.25. The third kappa shape index (κ3) is 3.32. The molecule has 2 aliphatic heterocycles. The molecular weight excluding hydrogens is 378 g/mol. The zero-order valence-corrected chi connectivity index (χ0v) is 15.8. The third-order valence-corrected chi connectivity index (χ3v) is 5.94. The van der Waals surface area contributed by atoms with E-state index in [2.05, 4.69) is 20.6 Å². The maximum absolute atomic E-state index is 12.3. The van der Waals surface area contributed by atoms with Gasteiger partial charge in [0, 0.05) is 11.1 Å². The van der Waals surface area contributed by atoms with Crippen molar-refractivity contribution in [3.63, 3.8) is 0 Å². The van der Waals surface area contributed by atoms with Crippen molar-refractivity contribution in [2.45, 2.75) is 30.7 Å². The number of hydrogen-bond acceptors (Lipinski definition) is 7. The summed E-state index contributed by atoms with van der Waals surface area (Å²) in [6, 6.07) is 9.36. The van der Waals surface area contributed by atoms with Crippen LogP contribution >= 0.6 is 11.3 Å². The van der Waals surface area contributed by atoms with E-state index in [0.29, 0.717) is 25.3 Å². The van der Waals surface area contributed by atoms with Gasteiger partial charge in [-0.25, -0.2) is 4.68 Å². The van der Waals surface area contributed by atoms with Crippen molar-refractivity contribution in [3.8, 4) is 11.4 Å². The van der Waals surface area contributed by atoms with Gasteiger partial charge in [0.1, 0.15) is 23.9 Å². The molecule has 5 heterocycles. The van der Waals surface area contributed by atoms with Crippen molar-refractivity contribution in [2.24, 2.45) is 0 Å². The molecule has 2 aliphatic rings. The minimum absolute atomic E-state index is 0.0121. The Hall–Kier alpha value is -2.62. The number of nitrogens with zero attached hydrogens (tertiary/aromatic N) is 4. The number of rotatable bonds is 5. The molecule has 0 radical (unpaired) electrons. The Morgan fingerprint density at radius 2 is 2.11 bits per heavy atom. The topological polar surface area (TPSA) is 91.2 Å². The van der Waals surface area contributed by atoms with Crippen LogP contribution in [0.25, 0.3) is 11.4 Å². The van der Waals surface area contributed by atoms with Crippen LogP contribution in [0.15, 0.2) is 48.1 Å². The van der Waals surface area contributed by atoms with Crippen molar-refractivity contribution < 1.29 is 14.3 Å². The molecule has 0 bridgehead atoms. The molecule has 0 aliphatic carbocycles. The van der Waals surface area contributed by atoms with Crippen molar-refractivity contribution in [2.75, 3.05) is 13.2 Å². The van der Waals surface area contributed by atoms with Crippen LogP contribution in [-0.4, -0.2) is 57.3 Å². The molecule has 2 saturated heterocycles. The Labute approximate surface area is 165 Å². The van der Waals surface area contributed by atoms with Crippen LogP contribution in [0.4, 0.5) is 0 Å². The Bertz CT molecular complexity index is 946. The molecule has 28 heavy (non-hydrogen) atoms. The van der Waals surface area contributed by atoms with Crippen LogP contribution in [-0.2, 0) is 20.7 Å². The highest BCUT2D eigenvalue weighted by molar-refractivity contribution is 7.10. The van der Waals surface area contributed by atoms with Crippen LogP contribution < -0.4 is 5.32 Å². The van der Waals surface area contributed by atoms with Gasteiger partial charge in [0.05, 0.1) is 37.6 Å². The first-order valence-electron chi connectivity index (χ1n) is 9.16. The van der Waals surface area contributed by atoms with Gasteiger partial charge in [0.15, 0.2) is 0 Å². The van der Waals surface area contributed by atoms with Crippen LogP contribution in [0.3, 0.4) is 0 Å². The molecule has 1 amide bonds. The second kappa shape index (κ2) is 7.42. The summed E-state index contributed by atoms with van der Waals surface area (Å²) in [6.45, 7) is 0.904. The van der Waals surface area contributed by atoms with Crippen LogP contribution in [0, 0.1) is 0 Å². The summed E-state index contributed by atoms with van der Waals surface area (Å²) in [5.41, 5.74) is 1.48. The van der Waals surface area contributed by atoms with Crippen molar-refractivity contribution in [3.05, 3.63) is 53.0 Å². The highest BCUT2D eigenvalue weighted by atomic mass is 32.1. The summed E-state index contributed by atoms with van der Waals surface area (Å²) in [5, 5.41) is 13.5. The maximum Gasteiger partial charge on any atom is 0.225 e. The molecule has 144 valence electrons. The van der Waals surface area contributed by atoms with Gasteiger partial charge in [-0.3, -0.25) is 9.78 Å². The fourth-order valence-corrected chi connectivity index (χ4v) is 4.43. The first kappa shape index (κ1) is 17.5. The van der Waals surface area contributed by atoms with E-state index in [1.54, 1.807) is 22.2 Å². The zero-order valence-electron chi connectivity index (χ0n) is 15.0. The summed E-state index contributed by atoms with van der Waals surface area (Å²) < 4.78 is 13.7. The Morgan fingerprint density at radius 3 is 2.93 bits per heavy atom. The second-order valence-corrected chi connectivity index (χ2v) is 7.92. The van der Waals surface area contributed by atoms with Crippen molar-refractivity contribution in [1.82, 2.24) is 25.3 Å². The molecule has 4 atom stereocenters. The largest absolute Gasteiger partial charge is 0.371 e. The molecule has 0 spiro atoms. The Kier molecular flexibility index (Phi) is 4.63. The maximum atomic E-state index is 12.3. The van der Waals surface area contributed by atoms with Gasteiger partial charge in [-0.15, -0.1) is 16.4 Å². The summed E-state index contributed by atoms with van der Waals surface area (Å²) >= 11 is 1.58. The smallest absolute Gasteiger partial charge is 0.225 e. The van der Waals surface area contributed by atoms with E-state index in [0.717, 1.165) is 10.6 Å². The average Bonchev–Trinajstić information content (AvgIpc) is 3.48. The summed E-state index contributed by atoms with van der Waals surface area (Å²) in [6.07, 6.45) is 3.63. The summed E-state index contributed by atoms with van der Waals surface area (Å²) in [7, 11) is 0. The fraction of sp³-hybridized carbons (Fsp3) is 0.368. The molecule has 9 heteroatoms. The predicted octanol–water partition coefficient (Wildman–Crippen LogP) is 1.47. The lowest BCUT2D eigenvalue weighted by atomic mass is 10.1. The normalized spacial score (nSPS) is 26.3. The number of fused-ring (bicyclic) bond motifs is 1. The molecule has 0 saturated carbocycles. The second-order valence-electron chi connectivity index (χ2n) is 6.89. The number of nitrogens with one attached hydrogen (secondary N) is 1. The number of ether oxygens (including phenoxy) is 2. The van der Waals surface area contributed by atoms with Gasteiger partial charge in [-0.1, -0.05) is 17.3 Å². The van der Waals surface area contributed by atoms with Gasteiger partial charge in [0.25, 0.3) is 0 Å². The first-order valence-corrected chi connectivity index (χ1v) is 10.0. The minimum Gasteiger partial charge on any atom is -0.371 e. The van der Waals surface area contributed by atoms with E-state index in [4.69, 9.17) is 9.47 Å². The van der Waals surface area contributed by atoms with Gasteiger partial charge in [0.2, 0.25) is 5.91 Å². The first-order chi connectivity index (χ1) is 13.8.